The van der Waals surface area contributed by atoms with Gasteiger partial charge in [0.1, 0.15) is 5.82 Å². The third kappa shape index (κ3) is 3.71. The van der Waals surface area contributed by atoms with Crippen LogP contribution in [-0.2, 0) is 6.54 Å². The summed E-state index contributed by atoms with van der Waals surface area (Å²) in [6.07, 6.45) is 1.80. The molecule has 120 valence electrons. The van der Waals surface area contributed by atoms with E-state index in [1.807, 2.05) is 41.3 Å². The molecule has 1 aromatic heterocycles. The highest BCUT2D eigenvalue weighted by molar-refractivity contribution is 9.10. The smallest absolute Gasteiger partial charge is 0.253 e. The Morgan fingerprint density at radius 2 is 1.78 bits per heavy atom. The van der Waals surface area contributed by atoms with Crippen molar-refractivity contribution < 1.29 is 4.79 Å². The number of hydrogen-bond donors (Lipinski definition) is 1. The molecule has 0 bridgehead atoms. The standard InChI is InChI=1S/C17H19BrN4O/c18-15-5-6-16(20-12-15)21-7-9-22(10-8-21)17(23)14-3-1-13(11-19)2-4-14/h1-6,12H,7-11,19H2. The van der Waals surface area contributed by atoms with Crippen LogP contribution in [0.15, 0.2) is 47.1 Å². The van der Waals surface area contributed by atoms with Gasteiger partial charge >= 0.3 is 0 Å². The highest BCUT2D eigenvalue weighted by atomic mass is 79.9. The van der Waals surface area contributed by atoms with Gasteiger partial charge in [-0.3, -0.25) is 4.79 Å². The maximum Gasteiger partial charge on any atom is 0.253 e. The molecular weight excluding hydrogens is 356 g/mol. The van der Waals surface area contributed by atoms with Gasteiger partial charge in [0.2, 0.25) is 0 Å². The predicted molar refractivity (Wildman–Crippen MR) is 94.4 cm³/mol. The molecule has 6 heteroatoms. The van der Waals surface area contributed by atoms with Crippen LogP contribution in [0.1, 0.15) is 15.9 Å². The minimum absolute atomic E-state index is 0.0805. The predicted octanol–water partition coefficient (Wildman–Crippen LogP) is 2.27. The minimum atomic E-state index is 0.0805. The molecule has 2 heterocycles. The van der Waals surface area contributed by atoms with Crippen LogP contribution in [0.4, 0.5) is 5.82 Å². The van der Waals surface area contributed by atoms with E-state index in [4.69, 9.17) is 5.73 Å². The highest BCUT2D eigenvalue weighted by Gasteiger charge is 2.22. The fourth-order valence-electron chi connectivity index (χ4n) is 2.66. The molecule has 0 spiro atoms. The first kappa shape index (κ1) is 16.0. The molecule has 0 radical (unpaired) electrons. The Hall–Kier alpha value is -1.92. The number of piperazine rings is 1. The van der Waals surface area contributed by atoms with Crippen molar-refractivity contribution >= 4 is 27.7 Å². The van der Waals surface area contributed by atoms with Crippen molar-refractivity contribution in [3.8, 4) is 0 Å². The molecule has 5 nitrogen and oxygen atoms in total. The molecule has 1 fully saturated rings. The summed E-state index contributed by atoms with van der Waals surface area (Å²) in [5.41, 5.74) is 7.34. The lowest BCUT2D eigenvalue weighted by molar-refractivity contribution is 0.0746. The third-order valence-corrected chi connectivity index (χ3v) is 4.51. The van der Waals surface area contributed by atoms with Gasteiger partial charge in [0.05, 0.1) is 0 Å². The van der Waals surface area contributed by atoms with Crippen molar-refractivity contribution in [3.05, 3.63) is 58.2 Å². The summed E-state index contributed by atoms with van der Waals surface area (Å²) < 4.78 is 0.969. The van der Waals surface area contributed by atoms with Crippen LogP contribution in [0.3, 0.4) is 0 Å². The lowest BCUT2D eigenvalue weighted by Gasteiger charge is -2.35. The quantitative estimate of drug-likeness (QED) is 0.894. The lowest BCUT2D eigenvalue weighted by atomic mass is 10.1. The van der Waals surface area contributed by atoms with Gasteiger partial charge in [-0.2, -0.15) is 0 Å². The van der Waals surface area contributed by atoms with Crippen LogP contribution in [0.5, 0.6) is 0 Å². The number of halogens is 1. The number of nitrogens with zero attached hydrogens (tertiary/aromatic N) is 3. The molecule has 1 saturated heterocycles. The fourth-order valence-corrected chi connectivity index (χ4v) is 2.89. The number of nitrogens with two attached hydrogens (primary N) is 1. The van der Waals surface area contributed by atoms with E-state index >= 15 is 0 Å². The van der Waals surface area contributed by atoms with E-state index in [0.717, 1.165) is 34.5 Å². The Morgan fingerprint density at radius 3 is 2.35 bits per heavy atom. The highest BCUT2D eigenvalue weighted by Crippen LogP contribution is 2.17. The van der Waals surface area contributed by atoms with Gasteiger partial charge in [0.15, 0.2) is 0 Å². The molecular formula is C17H19BrN4O. The maximum atomic E-state index is 12.5. The van der Waals surface area contributed by atoms with Gasteiger partial charge in [-0.05, 0) is 45.8 Å². The Bertz CT molecular complexity index is 664. The van der Waals surface area contributed by atoms with E-state index in [0.29, 0.717) is 19.6 Å². The Morgan fingerprint density at radius 1 is 1.09 bits per heavy atom. The van der Waals surface area contributed by atoms with Crippen LogP contribution < -0.4 is 10.6 Å². The van der Waals surface area contributed by atoms with Gasteiger partial charge < -0.3 is 15.5 Å². The number of hydrogen-bond acceptors (Lipinski definition) is 4. The second-order valence-corrected chi connectivity index (χ2v) is 6.43. The fraction of sp³-hybridized carbons (Fsp3) is 0.294. The number of benzene rings is 1. The van der Waals surface area contributed by atoms with Gasteiger partial charge in [0.25, 0.3) is 5.91 Å². The molecule has 1 amide bonds. The molecule has 23 heavy (non-hydrogen) atoms. The first-order valence-electron chi connectivity index (χ1n) is 7.62. The second kappa shape index (κ2) is 7.10. The first-order chi connectivity index (χ1) is 11.2. The number of rotatable bonds is 3. The minimum Gasteiger partial charge on any atom is -0.353 e. The summed E-state index contributed by atoms with van der Waals surface area (Å²) in [4.78, 5) is 21.1. The molecule has 0 aliphatic carbocycles. The van der Waals surface area contributed by atoms with Gasteiger partial charge in [-0.25, -0.2) is 4.98 Å². The zero-order chi connectivity index (χ0) is 16.2. The van der Waals surface area contributed by atoms with E-state index in [1.54, 1.807) is 6.20 Å². The number of pyridine rings is 1. The lowest BCUT2D eigenvalue weighted by Crippen LogP contribution is -2.49. The second-order valence-electron chi connectivity index (χ2n) is 5.51. The van der Waals surface area contributed by atoms with Gasteiger partial charge in [-0.15, -0.1) is 0 Å². The Kier molecular flexibility index (Phi) is 4.93. The van der Waals surface area contributed by atoms with E-state index < -0.39 is 0 Å². The first-order valence-corrected chi connectivity index (χ1v) is 8.41. The van der Waals surface area contributed by atoms with Crippen molar-refractivity contribution in [2.75, 3.05) is 31.1 Å². The summed E-state index contributed by atoms with van der Waals surface area (Å²) in [5.74, 6) is 1.03. The van der Waals surface area contributed by atoms with E-state index in [1.165, 1.54) is 0 Å². The SMILES string of the molecule is NCc1ccc(C(=O)N2CCN(c3ccc(Br)cn3)CC2)cc1. The van der Waals surface area contributed by atoms with E-state index in [9.17, 15) is 4.79 Å². The number of amides is 1. The maximum absolute atomic E-state index is 12.5. The van der Waals surface area contributed by atoms with Crippen molar-refractivity contribution in [3.63, 3.8) is 0 Å². The largest absolute Gasteiger partial charge is 0.353 e. The molecule has 2 N–H and O–H groups in total. The summed E-state index contributed by atoms with van der Waals surface area (Å²) >= 11 is 3.39. The topological polar surface area (TPSA) is 62.5 Å². The molecule has 3 rings (SSSR count). The third-order valence-electron chi connectivity index (χ3n) is 4.04. The molecule has 0 saturated carbocycles. The van der Waals surface area contributed by atoms with Gasteiger partial charge in [-0.1, -0.05) is 12.1 Å². The van der Waals surface area contributed by atoms with Crippen LogP contribution in [0.25, 0.3) is 0 Å². The Balaban J connectivity index is 1.61. The molecule has 1 aliphatic rings. The summed E-state index contributed by atoms with van der Waals surface area (Å²) in [5, 5.41) is 0. The monoisotopic (exact) mass is 374 g/mol. The van der Waals surface area contributed by atoms with E-state index in [-0.39, 0.29) is 5.91 Å². The molecule has 2 aromatic rings. The zero-order valence-corrected chi connectivity index (χ0v) is 14.4. The number of carbonyl (C=O) groups excluding carboxylic acids is 1. The van der Waals surface area contributed by atoms with Crippen molar-refractivity contribution in [1.29, 1.82) is 0 Å². The van der Waals surface area contributed by atoms with Crippen LogP contribution in [-0.4, -0.2) is 42.0 Å². The molecule has 1 aliphatic heterocycles. The Labute approximate surface area is 144 Å². The van der Waals surface area contributed by atoms with E-state index in [2.05, 4.69) is 25.8 Å². The molecule has 0 unspecified atom stereocenters. The van der Waals surface area contributed by atoms with Crippen molar-refractivity contribution in [2.45, 2.75) is 6.54 Å². The van der Waals surface area contributed by atoms with Crippen molar-refractivity contribution in [2.24, 2.45) is 5.73 Å². The van der Waals surface area contributed by atoms with Crippen molar-refractivity contribution in [1.82, 2.24) is 9.88 Å². The van der Waals surface area contributed by atoms with Crippen LogP contribution in [0, 0.1) is 0 Å². The average Bonchev–Trinajstić information content (AvgIpc) is 2.62. The molecule has 0 atom stereocenters. The molecule has 1 aromatic carbocycles. The number of carbonyl (C=O) groups is 1. The summed E-state index contributed by atoms with van der Waals surface area (Å²) in [7, 11) is 0. The zero-order valence-electron chi connectivity index (χ0n) is 12.8. The summed E-state index contributed by atoms with van der Waals surface area (Å²) in [6.45, 7) is 3.49. The number of aromatic nitrogens is 1. The number of anilines is 1. The summed E-state index contributed by atoms with van der Waals surface area (Å²) in [6, 6.07) is 11.5. The normalized spacial score (nSPS) is 14.9. The average molecular weight is 375 g/mol. The van der Waals surface area contributed by atoms with Crippen LogP contribution >= 0.6 is 15.9 Å². The van der Waals surface area contributed by atoms with Crippen LogP contribution in [0.2, 0.25) is 0 Å². The van der Waals surface area contributed by atoms with Gasteiger partial charge in [0, 0.05) is 49.0 Å².